The maximum Gasteiger partial charge on any atom is 0.214 e. The lowest BCUT2D eigenvalue weighted by atomic mass is 9.95. The van der Waals surface area contributed by atoms with E-state index in [1.54, 1.807) is 6.20 Å². The first-order valence-electron chi connectivity index (χ1n) is 7.18. The molecule has 1 saturated heterocycles. The van der Waals surface area contributed by atoms with Gasteiger partial charge in [-0.15, -0.1) is 0 Å². The van der Waals surface area contributed by atoms with Crippen molar-refractivity contribution in [3.63, 3.8) is 0 Å². The van der Waals surface area contributed by atoms with Crippen LogP contribution >= 0.6 is 0 Å². The average Bonchev–Trinajstić information content (AvgIpc) is 3.00. The zero-order valence-corrected chi connectivity index (χ0v) is 11.8. The summed E-state index contributed by atoms with van der Waals surface area (Å²) in [7, 11) is 0. The number of hydrogen-bond donors (Lipinski definition) is 1. The lowest BCUT2D eigenvalue weighted by Gasteiger charge is -2.24. The van der Waals surface area contributed by atoms with Crippen LogP contribution in [0, 0.1) is 12.8 Å². The minimum atomic E-state index is 0.0699. The Hall–Kier alpha value is -1.87. The van der Waals surface area contributed by atoms with Crippen LogP contribution in [-0.2, 0) is 0 Å². The maximum absolute atomic E-state index is 6.21. The Morgan fingerprint density at radius 1 is 1.25 bits per heavy atom. The van der Waals surface area contributed by atoms with Gasteiger partial charge >= 0.3 is 0 Å². The second-order valence-corrected chi connectivity index (χ2v) is 5.37. The fourth-order valence-electron chi connectivity index (χ4n) is 2.72. The van der Waals surface area contributed by atoms with Gasteiger partial charge in [-0.1, -0.05) is 30.3 Å². The Morgan fingerprint density at radius 3 is 2.80 bits per heavy atom. The number of nitrogens with one attached hydrogen (secondary N) is 1. The van der Waals surface area contributed by atoms with Gasteiger partial charge in [-0.2, -0.15) is 0 Å². The highest BCUT2D eigenvalue weighted by Crippen LogP contribution is 2.31. The molecule has 2 unspecified atom stereocenters. The van der Waals surface area contributed by atoms with Crippen molar-refractivity contribution in [3.05, 3.63) is 59.8 Å². The van der Waals surface area contributed by atoms with Crippen molar-refractivity contribution >= 4 is 0 Å². The van der Waals surface area contributed by atoms with E-state index in [0.717, 1.165) is 19.5 Å². The summed E-state index contributed by atoms with van der Waals surface area (Å²) in [5.41, 5.74) is 2.40. The molecule has 0 radical (unpaired) electrons. The second kappa shape index (κ2) is 6.06. The zero-order valence-electron chi connectivity index (χ0n) is 11.8. The normalized spacial score (nSPS) is 19.8. The molecule has 1 aliphatic rings. The summed E-state index contributed by atoms with van der Waals surface area (Å²) in [5.74, 6) is 1.21. The van der Waals surface area contributed by atoms with E-state index in [2.05, 4.69) is 41.5 Å². The largest absolute Gasteiger partial charge is 0.469 e. The van der Waals surface area contributed by atoms with E-state index in [1.165, 1.54) is 11.1 Å². The number of aromatic nitrogens is 1. The minimum absolute atomic E-state index is 0.0699. The molecule has 3 nitrogen and oxygen atoms in total. The molecule has 0 bridgehead atoms. The molecular weight excluding hydrogens is 248 g/mol. The number of rotatable bonds is 4. The Bertz CT molecular complexity index is 550. The fourth-order valence-corrected chi connectivity index (χ4v) is 2.72. The van der Waals surface area contributed by atoms with E-state index in [-0.39, 0.29) is 6.10 Å². The van der Waals surface area contributed by atoms with Gasteiger partial charge < -0.3 is 10.1 Å². The molecule has 0 spiro atoms. The Labute approximate surface area is 120 Å². The van der Waals surface area contributed by atoms with E-state index in [0.29, 0.717) is 11.8 Å². The Morgan fingerprint density at radius 2 is 2.10 bits per heavy atom. The molecule has 104 valence electrons. The van der Waals surface area contributed by atoms with E-state index in [9.17, 15) is 0 Å². The van der Waals surface area contributed by atoms with Gasteiger partial charge in [0.2, 0.25) is 5.88 Å². The standard InChI is InChI=1S/C17H20N2O/c1-13-7-10-19-16(11-13)20-17(15-8-9-18-12-15)14-5-3-2-4-6-14/h2-7,10-11,15,17-18H,8-9,12H2,1H3. The van der Waals surface area contributed by atoms with Crippen LogP contribution in [0.5, 0.6) is 5.88 Å². The molecule has 1 aromatic heterocycles. The number of pyridine rings is 1. The van der Waals surface area contributed by atoms with Crippen LogP contribution in [0.1, 0.15) is 23.7 Å². The highest BCUT2D eigenvalue weighted by atomic mass is 16.5. The number of hydrogen-bond acceptors (Lipinski definition) is 3. The summed E-state index contributed by atoms with van der Waals surface area (Å²) in [6.45, 7) is 4.13. The molecule has 3 heteroatoms. The zero-order chi connectivity index (χ0) is 13.8. The van der Waals surface area contributed by atoms with Gasteiger partial charge in [-0.25, -0.2) is 4.98 Å². The summed E-state index contributed by atoms with van der Waals surface area (Å²) in [6.07, 6.45) is 3.02. The third-order valence-electron chi connectivity index (χ3n) is 3.79. The van der Waals surface area contributed by atoms with Crippen LogP contribution in [0.3, 0.4) is 0 Å². The lowest BCUT2D eigenvalue weighted by Crippen LogP contribution is -2.21. The van der Waals surface area contributed by atoms with Crippen LogP contribution in [0.4, 0.5) is 0 Å². The molecule has 1 aromatic carbocycles. The van der Waals surface area contributed by atoms with Gasteiger partial charge in [0.1, 0.15) is 6.10 Å². The van der Waals surface area contributed by atoms with Crippen molar-refractivity contribution in [2.24, 2.45) is 5.92 Å². The van der Waals surface area contributed by atoms with Crippen molar-refractivity contribution in [1.29, 1.82) is 0 Å². The predicted octanol–water partition coefficient (Wildman–Crippen LogP) is 3.12. The molecule has 0 saturated carbocycles. The number of nitrogens with zero attached hydrogens (tertiary/aromatic N) is 1. The van der Waals surface area contributed by atoms with E-state index in [4.69, 9.17) is 4.74 Å². The first-order chi connectivity index (χ1) is 9.83. The van der Waals surface area contributed by atoms with Crippen molar-refractivity contribution in [2.45, 2.75) is 19.4 Å². The predicted molar refractivity (Wildman–Crippen MR) is 79.8 cm³/mol. The molecule has 1 aliphatic heterocycles. The molecule has 0 aliphatic carbocycles. The summed E-state index contributed by atoms with van der Waals surface area (Å²) >= 11 is 0. The number of ether oxygens (including phenoxy) is 1. The molecule has 1 fully saturated rings. The summed E-state index contributed by atoms with van der Waals surface area (Å²) in [5, 5.41) is 3.42. The van der Waals surface area contributed by atoms with E-state index >= 15 is 0 Å². The third-order valence-corrected chi connectivity index (χ3v) is 3.79. The molecule has 2 atom stereocenters. The monoisotopic (exact) mass is 268 g/mol. The molecule has 20 heavy (non-hydrogen) atoms. The van der Waals surface area contributed by atoms with Crippen LogP contribution < -0.4 is 10.1 Å². The van der Waals surface area contributed by atoms with Gasteiger partial charge in [-0.3, -0.25) is 0 Å². The molecular formula is C17H20N2O. The summed E-state index contributed by atoms with van der Waals surface area (Å²) < 4.78 is 6.21. The van der Waals surface area contributed by atoms with Crippen molar-refractivity contribution in [3.8, 4) is 5.88 Å². The first-order valence-corrected chi connectivity index (χ1v) is 7.18. The number of benzene rings is 1. The van der Waals surface area contributed by atoms with Crippen molar-refractivity contribution in [1.82, 2.24) is 10.3 Å². The molecule has 1 N–H and O–H groups in total. The average molecular weight is 268 g/mol. The summed E-state index contributed by atoms with van der Waals surface area (Å²) in [4.78, 5) is 4.33. The number of aryl methyl sites for hydroxylation is 1. The lowest BCUT2D eigenvalue weighted by molar-refractivity contribution is 0.138. The van der Waals surface area contributed by atoms with Gasteiger partial charge in [0, 0.05) is 24.7 Å². The SMILES string of the molecule is Cc1ccnc(OC(c2ccccc2)C2CCNC2)c1. The highest BCUT2D eigenvalue weighted by molar-refractivity contribution is 5.23. The van der Waals surface area contributed by atoms with Crippen LogP contribution in [0.15, 0.2) is 48.7 Å². The quantitative estimate of drug-likeness (QED) is 0.925. The van der Waals surface area contributed by atoms with Crippen LogP contribution in [0.2, 0.25) is 0 Å². The van der Waals surface area contributed by atoms with E-state index in [1.807, 2.05) is 18.2 Å². The maximum atomic E-state index is 6.21. The van der Waals surface area contributed by atoms with Crippen molar-refractivity contribution in [2.75, 3.05) is 13.1 Å². The summed E-state index contributed by atoms with van der Waals surface area (Å²) in [6, 6.07) is 14.4. The van der Waals surface area contributed by atoms with Crippen LogP contribution in [-0.4, -0.2) is 18.1 Å². The molecule has 0 amide bonds. The topological polar surface area (TPSA) is 34.1 Å². The molecule has 3 rings (SSSR count). The van der Waals surface area contributed by atoms with Crippen molar-refractivity contribution < 1.29 is 4.74 Å². The first kappa shape index (κ1) is 13.1. The second-order valence-electron chi connectivity index (χ2n) is 5.37. The Balaban J connectivity index is 1.85. The fraction of sp³-hybridized carbons (Fsp3) is 0.353. The van der Waals surface area contributed by atoms with Gasteiger partial charge in [-0.05, 0) is 37.1 Å². The highest BCUT2D eigenvalue weighted by Gasteiger charge is 2.28. The third kappa shape index (κ3) is 2.99. The van der Waals surface area contributed by atoms with Gasteiger partial charge in [0.05, 0.1) is 0 Å². The van der Waals surface area contributed by atoms with Crippen LogP contribution in [0.25, 0.3) is 0 Å². The van der Waals surface area contributed by atoms with E-state index < -0.39 is 0 Å². The van der Waals surface area contributed by atoms with Gasteiger partial charge in [0.15, 0.2) is 0 Å². The smallest absolute Gasteiger partial charge is 0.214 e. The molecule has 2 aromatic rings. The Kier molecular flexibility index (Phi) is 3.97. The van der Waals surface area contributed by atoms with Gasteiger partial charge in [0.25, 0.3) is 0 Å². The minimum Gasteiger partial charge on any atom is -0.469 e. The molecule has 2 heterocycles.